The van der Waals surface area contributed by atoms with Crippen molar-refractivity contribution in [3.8, 4) is 0 Å². The third kappa shape index (κ3) is 8.69. The highest BCUT2D eigenvalue weighted by Gasteiger charge is 2.15. The molecule has 0 bridgehead atoms. The fourth-order valence-electron chi connectivity index (χ4n) is 3.62. The number of hydrogen-bond acceptors (Lipinski definition) is 4. The van der Waals surface area contributed by atoms with E-state index >= 15 is 0 Å². The van der Waals surface area contributed by atoms with Crippen LogP contribution in [0.3, 0.4) is 0 Å². The molecule has 0 aliphatic carbocycles. The molecule has 0 aliphatic rings. The Morgan fingerprint density at radius 2 is 1.44 bits per heavy atom. The van der Waals surface area contributed by atoms with Crippen LogP contribution in [0.1, 0.15) is 61.5 Å². The average Bonchev–Trinajstić information content (AvgIpc) is 2.86. The fraction of sp³-hybridized carbons (Fsp3) is 0.300. The lowest BCUT2D eigenvalue weighted by atomic mass is 9.87. The van der Waals surface area contributed by atoms with Crippen LogP contribution in [0.25, 0.3) is 0 Å². The summed E-state index contributed by atoms with van der Waals surface area (Å²) in [5.74, 6) is -0.914. The number of ether oxygens (including phenoxy) is 1. The number of carbonyl (C=O) groups is 3. The molecule has 3 aromatic carbocycles. The standard InChI is InChI=1S/C30H34N2O4/c1-30(2,3)24-16-14-23(15-17-24)29(35)32-26-13-7-12-25(21-26)31-27(33)18-19-28(34)36-20-8-11-22-9-5-4-6-10-22/h4-7,9-10,12-17,21H,8,11,18-20H2,1-3H3,(H,31,33)(H,32,35). The summed E-state index contributed by atoms with van der Waals surface area (Å²) < 4.78 is 5.23. The Labute approximate surface area is 213 Å². The number of hydrogen-bond donors (Lipinski definition) is 2. The number of benzene rings is 3. The van der Waals surface area contributed by atoms with Gasteiger partial charge < -0.3 is 15.4 Å². The van der Waals surface area contributed by atoms with E-state index in [9.17, 15) is 14.4 Å². The first-order valence-electron chi connectivity index (χ1n) is 12.2. The van der Waals surface area contributed by atoms with E-state index < -0.39 is 5.97 Å². The van der Waals surface area contributed by atoms with Gasteiger partial charge in [-0.25, -0.2) is 0 Å². The maximum absolute atomic E-state index is 12.6. The highest BCUT2D eigenvalue weighted by Crippen LogP contribution is 2.23. The van der Waals surface area contributed by atoms with E-state index in [0.717, 1.165) is 18.4 Å². The second-order valence-corrected chi connectivity index (χ2v) is 9.72. The SMILES string of the molecule is CC(C)(C)c1ccc(C(=O)Nc2cccc(NC(=O)CCC(=O)OCCCc3ccccc3)c2)cc1. The van der Waals surface area contributed by atoms with Gasteiger partial charge in [0.05, 0.1) is 13.0 Å². The minimum Gasteiger partial charge on any atom is -0.466 e. The third-order valence-corrected chi connectivity index (χ3v) is 5.69. The largest absolute Gasteiger partial charge is 0.466 e. The Balaban J connectivity index is 1.41. The molecule has 2 N–H and O–H groups in total. The van der Waals surface area contributed by atoms with Crippen LogP contribution in [0.5, 0.6) is 0 Å². The molecule has 6 nitrogen and oxygen atoms in total. The maximum atomic E-state index is 12.6. The molecule has 0 saturated carbocycles. The predicted octanol–water partition coefficient (Wildman–Crippen LogP) is 6.13. The lowest BCUT2D eigenvalue weighted by Crippen LogP contribution is -2.16. The van der Waals surface area contributed by atoms with Gasteiger partial charge >= 0.3 is 5.97 Å². The third-order valence-electron chi connectivity index (χ3n) is 5.69. The number of esters is 1. The topological polar surface area (TPSA) is 84.5 Å². The number of anilines is 2. The summed E-state index contributed by atoms with van der Waals surface area (Å²) in [7, 11) is 0. The van der Waals surface area contributed by atoms with E-state index in [1.165, 1.54) is 5.56 Å². The molecule has 6 heteroatoms. The molecule has 2 amide bonds. The minimum atomic E-state index is -0.392. The van der Waals surface area contributed by atoms with Gasteiger partial charge in [-0.3, -0.25) is 14.4 Å². The molecule has 0 unspecified atom stereocenters. The van der Waals surface area contributed by atoms with Crippen molar-refractivity contribution in [2.24, 2.45) is 0 Å². The molecule has 0 aliphatic heterocycles. The van der Waals surface area contributed by atoms with Crippen molar-refractivity contribution >= 4 is 29.2 Å². The smallest absolute Gasteiger partial charge is 0.306 e. The van der Waals surface area contributed by atoms with E-state index in [4.69, 9.17) is 4.74 Å². The molecule has 0 heterocycles. The molecular formula is C30H34N2O4. The lowest BCUT2D eigenvalue weighted by molar-refractivity contribution is -0.144. The Morgan fingerprint density at radius 1 is 0.778 bits per heavy atom. The minimum absolute atomic E-state index is 0.0121. The molecular weight excluding hydrogens is 452 g/mol. The van der Waals surface area contributed by atoms with Crippen LogP contribution < -0.4 is 10.6 Å². The number of nitrogens with one attached hydrogen (secondary N) is 2. The van der Waals surface area contributed by atoms with E-state index in [1.807, 2.05) is 54.6 Å². The second-order valence-electron chi connectivity index (χ2n) is 9.72. The van der Waals surface area contributed by atoms with Crippen molar-refractivity contribution in [1.29, 1.82) is 0 Å². The average molecular weight is 487 g/mol. The Bertz CT molecular complexity index is 1170. The number of carbonyl (C=O) groups excluding carboxylic acids is 3. The first-order chi connectivity index (χ1) is 17.2. The molecule has 0 spiro atoms. The Morgan fingerprint density at radius 3 is 2.11 bits per heavy atom. The first kappa shape index (κ1) is 26.7. The summed E-state index contributed by atoms with van der Waals surface area (Å²) in [5.41, 5.74) is 4.03. The van der Waals surface area contributed by atoms with Gasteiger partial charge in [0.2, 0.25) is 5.91 Å². The van der Waals surface area contributed by atoms with Gasteiger partial charge in [-0.05, 0) is 59.7 Å². The van der Waals surface area contributed by atoms with Crippen molar-refractivity contribution in [1.82, 2.24) is 0 Å². The van der Waals surface area contributed by atoms with Gasteiger partial charge in [0, 0.05) is 23.4 Å². The van der Waals surface area contributed by atoms with Crippen LogP contribution >= 0.6 is 0 Å². The molecule has 36 heavy (non-hydrogen) atoms. The molecule has 188 valence electrons. The number of amides is 2. The van der Waals surface area contributed by atoms with Gasteiger partial charge in [-0.1, -0.05) is 69.3 Å². The van der Waals surface area contributed by atoms with Crippen LogP contribution in [-0.4, -0.2) is 24.4 Å². The zero-order chi connectivity index (χ0) is 26.0. The van der Waals surface area contributed by atoms with E-state index in [-0.39, 0.29) is 30.1 Å². The summed E-state index contributed by atoms with van der Waals surface area (Å²) in [6.07, 6.45) is 1.61. The molecule has 0 radical (unpaired) electrons. The van der Waals surface area contributed by atoms with Crippen molar-refractivity contribution < 1.29 is 19.1 Å². The first-order valence-corrected chi connectivity index (χ1v) is 12.2. The monoisotopic (exact) mass is 486 g/mol. The highest BCUT2D eigenvalue weighted by molar-refractivity contribution is 6.04. The zero-order valence-electron chi connectivity index (χ0n) is 21.2. The van der Waals surface area contributed by atoms with Crippen LogP contribution in [-0.2, 0) is 26.2 Å². The van der Waals surface area contributed by atoms with Gasteiger partial charge in [-0.15, -0.1) is 0 Å². The van der Waals surface area contributed by atoms with Crippen LogP contribution in [0, 0.1) is 0 Å². The van der Waals surface area contributed by atoms with Crippen molar-refractivity contribution in [3.05, 3.63) is 95.6 Å². The fourth-order valence-corrected chi connectivity index (χ4v) is 3.62. The van der Waals surface area contributed by atoms with Crippen LogP contribution in [0.4, 0.5) is 11.4 Å². The molecule has 0 saturated heterocycles. The van der Waals surface area contributed by atoms with E-state index in [1.54, 1.807) is 24.3 Å². The summed E-state index contributed by atoms with van der Waals surface area (Å²) in [6, 6.07) is 24.4. The van der Waals surface area contributed by atoms with Crippen molar-refractivity contribution in [3.63, 3.8) is 0 Å². The second kappa shape index (κ2) is 12.7. The van der Waals surface area contributed by atoms with E-state index in [2.05, 4.69) is 31.4 Å². The zero-order valence-corrected chi connectivity index (χ0v) is 21.2. The molecule has 3 aromatic rings. The predicted molar refractivity (Wildman–Crippen MR) is 143 cm³/mol. The molecule has 0 atom stereocenters. The Kier molecular flexibility index (Phi) is 9.39. The van der Waals surface area contributed by atoms with Crippen LogP contribution in [0.15, 0.2) is 78.9 Å². The quantitative estimate of drug-likeness (QED) is 0.267. The number of aryl methyl sites for hydroxylation is 1. The van der Waals surface area contributed by atoms with Gasteiger partial charge in [-0.2, -0.15) is 0 Å². The highest BCUT2D eigenvalue weighted by atomic mass is 16.5. The van der Waals surface area contributed by atoms with Gasteiger partial charge in [0.1, 0.15) is 0 Å². The van der Waals surface area contributed by atoms with Crippen LogP contribution in [0.2, 0.25) is 0 Å². The normalized spacial score (nSPS) is 11.0. The Hall–Kier alpha value is -3.93. The summed E-state index contributed by atoms with van der Waals surface area (Å²) in [4.78, 5) is 36.9. The summed E-state index contributed by atoms with van der Waals surface area (Å²) in [6.45, 7) is 6.70. The van der Waals surface area contributed by atoms with Gasteiger partial charge in [0.25, 0.3) is 5.91 Å². The molecule has 0 aromatic heterocycles. The van der Waals surface area contributed by atoms with Crippen molar-refractivity contribution in [2.45, 2.75) is 51.9 Å². The van der Waals surface area contributed by atoms with Crippen molar-refractivity contribution in [2.75, 3.05) is 17.2 Å². The molecule has 3 rings (SSSR count). The molecule has 0 fully saturated rings. The summed E-state index contributed by atoms with van der Waals surface area (Å²) >= 11 is 0. The maximum Gasteiger partial charge on any atom is 0.306 e. The number of rotatable bonds is 10. The van der Waals surface area contributed by atoms with Gasteiger partial charge in [0.15, 0.2) is 0 Å². The lowest BCUT2D eigenvalue weighted by Gasteiger charge is -2.19. The summed E-state index contributed by atoms with van der Waals surface area (Å²) in [5, 5.41) is 5.62. The van der Waals surface area contributed by atoms with E-state index in [0.29, 0.717) is 23.5 Å².